The lowest BCUT2D eigenvalue weighted by Gasteiger charge is -2.11. The van der Waals surface area contributed by atoms with Gasteiger partial charge in [-0.15, -0.1) is 10.2 Å². The summed E-state index contributed by atoms with van der Waals surface area (Å²) < 4.78 is 23.7. The molecule has 0 saturated carbocycles. The summed E-state index contributed by atoms with van der Waals surface area (Å²) in [5, 5.41) is 13.6. The molecule has 0 bridgehead atoms. The van der Waals surface area contributed by atoms with Gasteiger partial charge in [0.2, 0.25) is 0 Å². The van der Waals surface area contributed by atoms with Crippen molar-refractivity contribution in [1.82, 2.24) is 15.4 Å². The summed E-state index contributed by atoms with van der Waals surface area (Å²) in [6.07, 6.45) is 2.80. The third-order valence-corrected chi connectivity index (χ3v) is 4.22. The monoisotopic (exact) mass is 411 g/mol. The van der Waals surface area contributed by atoms with E-state index in [2.05, 4.69) is 25.2 Å². The standard InChI is InChI=1S/C16H12Cl2FN5O3/c17-10-1-2-11(19)14(18)9(10)3-4-26-13-5-12(23-24-15(13)20)16(25)22-8-6-21-27-7-8/h1-2,5-7H,3-4H2,(H2,20,24)(H,22,25). The van der Waals surface area contributed by atoms with Crippen LogP contribution in [0.3, 0.4) is 0 Å². The molecular formula is C16H12Cl2FN5O3. The van der Waals surface area contributed by atoms with E-state index in [1.807, 2.05) is 0 Å². The number of nitrogens with two attached hydrogens (primary N) is 1. The predicted molar refractivity (Wildman–Crippen MR) is 96.5 cm³/mol. The van der Waals surface area contributed by atoms with Crippen LogP contribution in [0, 0.1) is 5.82 Å². The Hall–Kier alpha value is -2.91. The Labute approximate surface area is 162 Å². The zero-order chi connectivity index (χ0) is 19.4. The largest absolute Gasteiger partial charge is 0.489 e. The molecule has 0 atom stereocenters. The number of hydrogen-bond acceptors (Lipinski definition) is 7. The maximum absolute atomic E-state index is 13.5. The topological polar surface area (TPSA) is 116 Å². The normalized spacial score (nSPS) is 10.6. The Balaban J connectivity index is 1.68. The molecule has 0 unspecified atom stereocenters. The number of hydrogen-bond donors (Lipinski definition) is 2. The zero-order valence-corrected chi connectivity index (χ0v) is 15.1. The van der Waals surface area contributed by atoms with Crippen LogP contribution in [0.2, 0.25) is 10.0 Å². The van der Waals surface area contributed by atoms with Crippen LogP contribution in [0.1, 0.15) is 16.1 Å². The number of rotatable bonds is 6. The molecule has 27 heavy (non-hydrogen) atoms. The molecule has 11 heteroatoms. The van der Waals surface area contributed by atoms with Gasteiger partial charge >= 0.3 is 0 Å². The number of benzene rings is 1. The van der Waals surface area contributed by atoms with Crippen molar-refractivity contribution < 1.29 is 18.4 Å². The Morgan fingerprint density at radius 2 is 2.15 bits per heavy atom. The van der Waals surface area contributed by atoms with Gasteiger partial charge in [-0.2, -0.15) is 0 Å². The highest BCUT2D eigenvalue weighted by Crippen LogP contribution is 2.28. The van der Waals surface area contributed by atoms with Crippen molar-refractivity contribution in [1.29, 1.82) is 0 Å². The summed E-state index contributed by atoms with van der Waals surface area (Å²) in [4.78, 5) is 12.1. The Kier molecular flexibility index (Phi) is 5.72. The van der Waals surface area contributed by atoms with E-state index in [0.717, 1.165) is 0 Å². The van der Waals surface area contributed by atoms with Gasteiger partial charge in [0.25, 0.3) is 5.91 Å². The maximum Gasteiger partial charge on any atom is 0.276 e. The van der Waals surface area contributed by atoms with E-state index in [-0.39, 0.29) is 35.3 Å². The van der Waals surface area contributed by atoms with Gasteiger partial charge in [0, 0.05) is 17.5 Å². The smallest absolute Gasteiger partial charge is 0.276 e. The molecule has 1 aromatic carbocycles. The Morgan fingerprint density at radius 3 is 2.89 bits per heavy atom. The van der Waals surface area contributed by atoms with Crippen LogP contribution in [0.4, 0.5) is 15.9 Å². The molecule has 0 aliphatic heterocycles. The van der Waals surface area contributed by atoms with Crippen molar-refractivity contribution in [3.05, 3.63) is 57.8 Å². The van der Waals surface area contributed by atoms with Crippen molar-refractivity contribution in [2.45, 2.75) is 6.42 Å². The van der Waals surface area contributed by atoms with Crippen LogP contribution in [-0.2, 0) is 6.42 Å². The third kappa shape index (κ3) is 4.44. The number of halogens is 3. The molecule has 0 saturated heterocycles. The number of amides is 1. The number of ether oxygens (including phenoxy) is 1. The molecule has 8 nitrogen and oxygen atoms in total. The van der Waals surface area contributed by atoms with Gasteiger partial charge in [-0.25, -0.2) is 4.39 Å². The number of nitrogens with one attached hydrogen (secondary N) is 1. The summed E-state index contributed by atoms with van der Waals surface area (Å²) >= 11 is 11.9. The first-order valence-corrected chi connectivity index (χ1v) is 8.30. The first-order valence-electron chi connectivity index (χ1n) is 7.55. The van der Waals surface area contributed by atoms with E-state index in [1.54, 1.807) is 0 Å². The first-order chi connectivity index (χ1) is 13.0. The lowest BCUT2D eigenvalue weighted by molar-refractivity contribution is 0.102. The molecule has 2 aromatic heterocycles. The quantitative estimate of drug-likeness (QED) is 0.597. The van der Waals surface area contributed by atoms with E-state index >= 15 is 0 Å². The fourth-order valence-electron chi connectivity index (χ4n) is 2.13. The van der Waals surface area contributed by atoms with Gasteiger partial charge < -0.3 is 20.3 Å². The minimum absolute atomic E-state index is 0.00651. The van der Waals surface area contributed by atoms with Crippen molar-refractivity contribution in [3.63, 3.8) is 0 Å². The molecule has 0 fully saturated rings. The Morgan fingerprint density at radius 1 is 1.33 bits per heavy atom. The second-order valence-electron chi connectivity index (χ2n) is 5.27. The van der Waals surface area contributed by atoms with Crippen LogP contribution < -0.4 is 15.8 Å². The van der Waals surface area contributed by atoms with Gasteiger partial charge in [0.05, 0.1) is 17.8 Å². The first kappa shape index (κ1) is 18.9. The van der Waals surface area contributed by atoms with E-state index < -0.39 is 11.7 Å². The molecule has 0 aliphatic carbocycles. The van der Waals surface area contributed by atoms with Crippen molar-refractivity contribution in [2.75, 3.05) is 17.7 Å². The fourth-order valence-corrected chi connectivity index (χ4v) is 2.69. The van der Waals surface area contributed by atoms with E-state index in [4.69, 9.17) is 33.7 Å². The molecule has 0 spiro atoms. The van der Waals surface area contributed by atoms with Crippen LogP contribution in [0.25, 0.3) is 0 Å². The van der Waals surface area contributed by atoms with Crippen LogP contribution in [0.15, 0.2) is 35.2 Å². The summed E-state index contributed by atoms with van der Waals surface area (Å²) in [6.45, 7) is 0.0749. The summed E-state index contributed by atoms with van der Waals surface area (Å²) in [6, 6.07) is 3.92. The van der Waals surface area contributed by atoms with Crippen LogP contribution in [-0.4, -0.2) is 27.9 Å². The Bertz CT molecular complexity index is 969. The highest BCUT2D eigenvalue weighted by Gasteiger charge is 2.15. The third-order valence-electron chi connectivity index (χ3n) is 3.46. The van der Waals surface area contributed by atoms with Gasteiger partial charge in [-0.3, -0.25) is 4.79 Å². The van der Waals surface area contributed by atoms with Crippen molar-refractivity contribution >= 4 is 40.6 Å². The second-order valence-corrected chi connectivity index (χ2v) is 6.05. The number of carbonyl (C=O) groups excluding carboxylic acids is 1. The molecule has 3 aromatic rings. The average molecular weight is 412 g/mol. The summed E-state index contributed by atoms with van der Waals surface area (Å²) in [5.74, 6) is -0.988. The summed E-state index contributed by atoms with van der Waals surface area (Å²) in [5.41, 5.74) is 6.46. The lowest BCUT2D eigenvalue weighted by atomic mass is 10.1. The molecule has 3 rings (SSSR count). The number of nitrogen functional groups attached to an aromatic ring is 1. The average Bonchev–Trinajstić information content (AvgIpc) is 3.15. The van der Waals surface area contributed by atoms with Crippen LogP contribution in [0.5, 0.6) is 5.75 Å². The maximum atomic E-state index is 13.5. The highest BCUT2D eigenvalue weighted by atomic mass is 35.5. The zero-order valence-electron chi connectivity index (χ0n) is 13.6. The molecule has 1 amide bonds. The van der Waals surface area contributed by atoms with E-state index in [9.17, 15) is 9.18 Å². The number of aromatic nitrogens is 3. The van der Waals surface area contributed by atoms with Crippen LogP contribution >= 0.6 is 23.2 Å². The summed E-state index contributed by atoms with van der Waals surface area (Å²) in [7, 11) is 0. The van der Waals surface area contributed by atoms with Gasteiger partial charge in [-0.05, 0) is 17.7 Å². The number of carbonyl (C=O) groups is 1. The van der Waals surface area contributed by atoms with Gasteiger partial charge in [0.1, 0.15) is 17.8 Å². The van der Waals surface area contributed by atoms with Crippen molar-refractivity contribution in [2.24, 2.45) is 0 Å². The fraction of sp³-hybridized carbons (Fsp3) is 0.125. The van der Waals surface area contributed by atoms with Crippen molar-refractivity contribution in [3.8, 4) is 5.75 Å². The second kappa shape index (κ2) is 8.19. The van der Waals surface area contributed by atoms with E-state index in [0.29, 0.717) is 16.3 Å². The minimum Gasteiger partial charge on any atom is -0.489 e. The van der Waals surface area contributed by atoms with Gasteiger partial charge in [0.15, 0.2) is 17.3 Å². The molecule has 0 aliphatic rings. The molecular weight excluding hydrogens is 400 g/mol. The number of nitrogens with zero attached hydrogens (tertiary/aromatic N) is 3. The van der Waals surface area contributed by atoms with Gasteiger partial charge in [-0.1, -0.05) is 28.4 Å². The van der Waals surface area contributed by atoms with E-state index in [1.165, 1.54) is 30.7 Å². The SMILES string of the molecule is Nc1nnc(C(=O)Nc2cnoc2)cc1OCCc1c(Cl)ccc(F)c1Cl. The number of anilines is 2. The predicted octanol–water partition coefficient (Wildman–Crippen LogP) is 3.37. The highest BCUT2D eigenvalue weighted by molar-refractivity contribution is 6.36. The lowest BCUT2D eigenvalue weighted by Crippen LogP contribution is -2.15. The molecule has 140 valence electrons. The molecule has 0 radical (unpaired) electrons. The molecule has 2 heterocycles. The minimum atomic E-state index is -0.575. The molecule has 3 N–H and O–H groups in total.